The monoisotopic (exact) mass is 219 g/mol. The second-order valence-corrected chi connectivity index (χ2v) is 4.24. The number of pyridine rings is 1. The third-order valence-corrected chi connectivity index (χ3v) is 3.01. The maximum absolute atomic E-state index is 11.7. The molecule has 1 aliphatic rings. The van der Waals surface area contributed by atoms with Gasteiger partial charge in [-0.25, -0.2) is 0 Å². The Balaban J connectivity index is 1.98. The third kappa shape index (κ3) is 2.22. The van der Waals surface area contributed by atoms with E-state index in [1.807, 2.05) is 32.2 Å². The highest BCUT2D eigenvalue weighted by Gasteiger charge is 2.29. The highest BCUT2D eigenvalue weighted by Crippen LogP contribution is 2.14. The number of hydrogen-bond donors (Lipinski definition) is 1. The van der Waals surface area contributed by atoms with Gasteiger partial charge in [0.05, 0.1) is 11.7 Å². The van der Waals surface area contributed by atoms with Crippen LogP contribution in [0.5, 0.6) is 0 Å². The molecule has 0 aliphatic carbocycles. The lowest BCUT2D eigenvalue weighted by Crippen LogP contribution is -2.38. The van der Waals surface area contributed by atoms with E-state index in [2.05, 4.69) is 10.3 Å². The Morgan fingerprint density at radius 3 is 2.94 bits per heavy atom. The molecule has 1 unspecified atom stereocenters. The molecular formula is C12H17N3O. The van der Waals surface area contributed by atoms with Crippen LogP contribution in [0.4, 0.5) is 0 Å². The topological polar surface area (TPSA) is 45.2 Å². The fourth-order valence-electron chi connectivity index (χ4n) is 2.00. The Bertz CT molecular complexity index is 366. The number of rotatable bonds is 3. The van der Waals surface area contributed by atoms with Crippen LogP contribution in [0.3, 0.4) is 0 Å². The lowest BCUT2D eigenvalue weighted by Gasteiger charge is -2.17. The normalized spacial score (nSPS) is 22.5. The molecule has 4 heteroatoms. The van der Waals surface area contributed by atoms with Crippen molar-refractivity contribution in [1.82, 2.24) is 15.2 Å². The van der Waals surface area contributed by atoms with Gasteiger partial charge >= 0.3 is 0 Å². The maximum atomic E-state index is 11.7. The number of amides is 1. The molecule has 0 radical (unpaired) electrons. The van der Waals surface area contributed by atoms with E-state index in [0.29, 0.717) is 0 Å². The van der Waals surface area contributed by atoms with Gasteiger partial charge in [-0.2, -0.15) is 0 Å². The van der Waals surface area contributed by atoms with Crippen LogP contribution < -0.4 is 5.32 Å². The summed E-state index contributed by atoms with van der Waals surface area (Å²) in [6.45, 7) is 2.87. The summed E-state index contributed by atoms with van der Waals surface area (Å²) in [5.41, 5.74) is 0.977. The van der Waals surface area contributed by atoms with Crippen molar-refractivity contribution in [2.45, 2.75) is 25.4 Å². The Hall–Kier alpha value is -1.42. The van der Waals surface area contributed by atoms with Crippen molar-refractivity contribution in [1.29, 1.82) is 0 Å². The largest absolute Gasteiger partial charge is 0.344 e. The molecule has 4 nitrogen and oxygen atoms in total. The van der Waals surface area contributed by atoms with Gasteiger partial charge in [0.1, 0.15) is 0 Å². The predicted molar refractivity (Wildman–Crippen MR) is 61.8 cm³/mol. The minimum absolute atomic E-state index is 0.0537. The number of likely N-dealkylation sites (N-methyl/N-ethyl adjacent to an activating group) is 1. The van der Waals surface area contributed by atoms with Gasteiger partial charge in [-0.05, 0) is 25.5 Å². The van der Waals surface area contributed by atoms with Crippen LogP contribution in [0.25, 0.3) is 0 Å². The molecule has 2 rings (SSSR count). The summed E-state index contributed by atoms with van der Waals surface area (Å²) in [4.78, 5) is 17.8. The van der Waals surface area contributed by atoms with Crippen LogP contribution in [0.2, 0.25) is 0 Å². The Morgan fingerprint density at radius 1 is 1.56 bits per heavy atom. The Kier molecular flexibility index (Phi) is 3.19. The molecule has 0 aromatic carbocycles. The van der Waals surface area contributed by atoms with Crippen molar-refractivity contribution >= 4 is 5.91 Å². The van der Waals surface area contributed by atoms with Gasteiger partial charge < -0.3 is 4.90 Å². The minimum atomic E-state index is -0.0537. The Labute approximate surface area is 95.7 Å². The molecule has 0 spiro atoms. The standard InChI is InChI=1S/C12H17N3O/c1-9(10-5-3-4-7-13-10)14-11-6-8-15(2)12(11)16/h3-5,7,9,11,14H,6,8H2,1-2H3/t9-,11?/m1/s1. The summed E-state index contributed by atoms with van der Waals surface area (Å²) in [6, 6.07) is 5.89. The van der Waals surface area contributed by atoms with Gasteiger partial charge in [0.15, 0.2) is 0 Å². The first-order valence-electron chi connectivity index (χ1n) is 5.60. The average molecular weight is 219 g/mol. The van der Waals surface area contributed by atoms with Gasteiger partial charge in [0.25, 0.3) is 0 Å². The number of nitrogens with one attached hydrogen (secondary N) is 1. The van der Waals surface area contributed by atoms with E-state index in [-0.39, 0.29) is 18.0 Å². The molecule has 1 aliphatic heterocycles. The number of nitrogens with zero attached hydrogens (tertiary/aromatic N) is 2. The SMILES string of the molecule is C[C@@H](NC1CCN(C)C1=O)c1ccccn1. The van der Waals surface area contributed by atoms with Gasteiger partial charge in [-0.3, -0.25) is 15.1 Å². The molecule has 1 amide bonds. The highest BCUT2D eigenvalue weighted by molar-refractivity contribution is 5.83. The molecule has 1 aromatic rings. The van der Waals surface area contributed by atoms with E-state index in [1.165, 1.54) is 0 Å². The first-order chi connectivity index (χ1) is 7.68. The van der Waals surface area contributed by atoms with Gasteiger partial charge in [-0.15, -0.1) is 0 Å². The predicted octanol–water partition coefficient (Wildman–Crippen LogP) is 0.963. The molecule has 86 valence electrons. The van der Waals surface area contributed by atoms with Crippen molar-refractivity contribution in [2.75, 3.05) is 13.6 Å². The van der Waals surface area contributed by atoms with Crippen LogP contribution in [-0.2, 0) is 4.79 Å². The van der Waals surface area contributed by atoms with Crippen LogP contribution >= 0.6 is 0 Å². The number of hydrogen-bond acceptors (Lipinski definition) is 3. The zero-order valence-corrected chi connectivity index (χ0v) is 9.68. The minimum Gasteiger partial charge on any atom is -0.344 e. The molecule has 0 saturated carbocycles. The quantitative estimate of drug-likeness (QED) is 0.823. The second-order valence-electron chi connectivity index (χ2n) is 4.24. The fourth-order valence-corrected chi connectivity index (χ4v) is 2.00. The highest BCUT2D eigenvalue weighted by atomic mass is 16.2. The summed E-state index contributed by atoms with van der Waals surface area (Å²) in [5, 5.41) is 3.32. The van der Waals surface area contributed by atoms with Crippen LogP contribution in [0.15, 0.2) is 24.4 Å². The summed E-state index contributed by atoms with van der Waals surface area (Å²) >= 11 is 0. The van der Waals surface area contributed by atoms with E-state index < -0.39 is 0 Å². The van der Waals surface area contributed by atoms with E-state index >= 15 is 0 Å². The first-order valence-corrected chi connectivity index (χ1v) is 5.60. The zero-order valence-electron chi connectivity index (χ0n) is 9.68. The zero-order chi connectivity index (χ0) is 11.5. The summed E-state index contributed by atoms with van der Waals surface area (Å²) in [6.07, 6.45) is 2.66. The van der Waals surface area contributed by atoms with Crippen molar-refractivity contribution in [3.63, 3.8) is 0 Å². The fraction of sp³-hybridized carbons (Fsp3) is 0.500. The molecule has 16 heavy (non-hydrogen) atoms. The lowest BCUT2D eigenvalue weighted by atomic mass is 10.1. The molecule has 1 aromatic heterocycles. The second kappa shape index (κ2) is 4.61. The third-order valence-electron chi connectivity index (χ3n) is 3.01. The number of aromatic nitrogens is 1. The lowest BCUT2D eigenvalue weighted by molar-refractivity contribution is -0.128. The Morgan fingerprint density at radius 2 is 2.38 bits per heavy atom. The molecule has 1 N–H and O–H groups in total. The van der Waals surface area contributed by atoms with E-state index in [9.17, 15) is 4.79 Å². The maximum Gasteiger partial charge on any atom is 0.239 e. The molecule has 0 bridgehead atoms. The number of carbonyl (C=O) groups is 1. The van der Waals surface area contributed by atoms with Gasteiger partial charge in [-0.1, -0.05) is 6.07 Å². The average Bonchev–Trinajstić information content (AvgIpc) is 2.62. The number of likely N-dealkylation sites (tertiary alicyclic amines) is 1. The van der Waals surface area contributed by atoms with Crippen LogP contribution in [0, 0.1) is 0 Å². The van der Waals surface area contributed by atoms with Crippen molar-refractivity contribution in [3.05, 3.63) is 30.1 Å². The van der Waals surface area contributed by atoms with Crippen molar-refractivity contribution in [2.24, 2.45) is 0 Å². The van der Waals surface area contributed by atoms with Crippen molar-refractivity contribution < 1.29 is 4.79 Å². The number of carbonyl (C=O) groups excluding carboxylic acids is 1. The smallest absolute Gasteiger partial charge is 0.239 e. The van der Waals surface area contributed by atoms with Crippen LogP contribution in [-0.4, -0.2) is 35.4 Å². The summed E-state index contributed by atoms with van der Waals surface area (Å²) in [7, 11) is 1.84. The first kappa shape index (κ1) is 11.1. The van der Waals surface area contributed by atoms with Gasteiger partial charge in [0.2, 0.25) is 5.91 Å². The van der Waals surface area contributed by atoms with E-state index in [1.54, 1.807) is 11.1 Å². The van der Waals surface area contributed by atoms with E-state index in [0.717, 1.165) is 18.7 Å². The van der Waals surface area contributed by atoms with E-state index in [4.69, 9.17) is 0 Å². The van der Waals surface area contributed by atoms with Crippen LogP contribution in [0.1, 0.15) is 25.1 Å². The van der Waals surface area contributed by atoms with Crippen molar-refractivity contribution in [3.8, 4) is 0 Å². The summed E-state index contributed by atoms with van der Waals surface area (Å²) in [5.74, 6) is 0.183. The molecule has 2 heterocycles. The summed E-state index contributed by atoms with van der Waals surface area (Å²) < 4.78 is 0. The molecular weight excluding hydrogens is 202 g/mol. The molecule has 1 fully saturated rings. The molecule has 2 atom stereocenters. The van der Waals surface area contributed by atoms with Gasteiger partial charge in [0, 0.05) is 25.8 Å². The molecule has 1 saturated heterocycles.